The second-order valence-electron chi connectivity index (χ2n) is 8.33. The predicted molar refractivity (Wildman–Crippen MR) is 129 cm³/mol. The van der Waals surface area contributed by atoms with Crippen LogP contribution in [0.2, 0.25) is 0 Å². The number of anilines is 1. The Balaban J connectivity index is 1.35. The molecule has 2 aliphatic rings. The van der Waals surface area contributed by atoms with Crippen LogP contribution in [0.3, 0.4) is 0 Å². The summed E-state index contributed by atoms with van der Waals surface area (Å²) in [5, 5.41) is 18.1. The molecule has 0 unspecified atom stereocenters. The number of rotatable bonds is 5. The van der Waals surface area contributed by atoms with Gasteiger partial charge < -0.3 is 19.2 Å². The van der Waals surface area contributed by atoms with Gasteiger partial charge in [-0.2, -0.15) is 5.10 Å². The zero-order valence-electron chi connectivity index (χ0n) is 19.3. The van der Waals surface area contributed by atoms with Crippen LogP contribution in [-0.2, 0) is 6.42 Å². The van der Waals surface area contributed by atoms with Gasteiger partial charge in [-0.15, -0.1) is 0 Å². The second kappa shape index (κ2) is 9.53. The highest BCUT2D eigenvalue weighted by atomic mass is 16.6. The standard InChI is InChI=1S/C25H22N4O7/c1-14-22-18(27-28-24(30)15-4-2-5-17(12-15)29(32)33)6-3-7-20(22)36-23(14)25(31)26-16-8-9-19-21(13-16)35-11-10-34-19/h2,4-5,8-9,12-13H,3,6-7,10-11H2,1H3,(H,26,31)(H,28,30)/b27-18+. The number of ether oxygens (including phenoxy) is 2. The van der Waals surface area contributed by atoms with Crippen molar-refractivity contribution >= 4 is 28.9 Å². The number of benzene rings is 2. The molecule has 36 heavy (non-hydrogen) atoms. The Morgan fingerprint density at radius 3 is 2.64 bits per heavy atom. The predicted octanol–water partition coefficient (Wildman–Crippen LogP) is 3.99. The number of non-ortho nitro benzene ring substituents is 1. The van der Waals surface area contributed by atoms with Crippen LogP contribution in [-0.4, -0.2) is 35.7 Å². The fourth-order valence-electron chi connectivity index (χ4n) is 4.25. The number of amides is 2. The van der Waals surface area contributed by atoms with Crippen LogP contribution in [0, 0.1) is 17.0 Å². The van der Waals surface area contributed by atoms with E-state index in [2.05, 4.69) is 15.8 Å². The molecule has 2 heterocycles. The van der Waals surface area contributed by atoms with Gasteiger partial charge in [0.05, 0.1) is 10.6 Å². The first-order valence-electron chi connectivity index (χ1n) is 11.4. The van der Waals surface area contributed by atoms with Gasteiger partial charge >= 0.3 is 0 Å². The van der Waals surface area contributed by atoms with Crippen LogP contribution >= 0.6 is 0 Å². The van der Waals surface area contributed by atoms with Gasteiger partial charge in [-0.05, 0) is 38.0 Å². The molecule has 0 fully saturated rings. The molecular weight excluding hydrogens is 468 g/mol. The molecule has 0 bridgehead atoms. The maximum Gasteiger partial charge on any atom is 0.291 e. The van der Waals surface area contributed by atoms with Crippen LogP contribution in [0.25, 0.3) is 0 Å². The zero-order chi connectivity index (χ0) is 25.2. The molecule has 11 nitrogen and oxygen atoms in total. The van der Waals surface area contributed by atoms with Gasteiger partial charge in [-0.1, -0.05) is 6.07 Å². The molecule has 0 saturated heterocycles. The number of hydrogen-bond donors (Lipinski definition) is 2. The minimum Gasteiger partial charge on any atom is -0.486 e. The van der Waals surface area contributed by atoms with E-state index in [0.29, 0.717) is 65.8 Å². The van der Waals surface area contributed by atoms with Gasteiger partial charge in [0.25, 0.3) is 17.5 Å². The van der Waals surface area contributed by atoms with E-state index in [0.717, 1.165) is 6.42 Å². The summed E-state index contributed by atoms with van der Waals surface area (Å²) in [6, 6.07) is 10.6. The SMILES string of the molecule is Cc1c(C(=O)Nc2ccc3c(c2)OCCO3)oc2c1/C(=N/NC(=O)c1cccc([N+](=O)[O-])c1)CCC2. The van der Waals surface area contributed by atoms with Crippen molar-refractivity contribution < 1.29 is 28.4 Å². The van der Waals surface area contributed by atoms with Crippen molar-refractivity contribution in [2.24, 2.45) is 5.10 Å². The van der Waals surface area contributed by atoms with Gasteiger partial charge in [0.15, 0.2) is 17.3 Å². The highest BCUT2D eigenvalue weighted by Gasteiger charge is 2.28. The summed E-state index contributed by atoms with van der Waals surface area (Å²) in [7, 11) is 0. The van der Waals surface area contributed by atoms with Crippen LogP contribution in [0.5, 0.6) is 11.5 Å². The van der Waals surface area contributed by atoms with Crippen LogP contribution in [0.4, 0.5) is 11.4 Å². The highest BCUT2D eigenvalue weighted by Crippen LogP contribution is 2.34. The Labute approximate surface area is 205 Å². The largest absolute Gasteiger partial charge is 0.486 e. The number of carbonyl (C=O) groups is 2. The fraction of sp³-hybridized carbons (Fsp3) is 0.240. The Morgan fingerprint density at radius 2 is 1.83 bits per heavy atom. The number of nitro benzene ring substituents is 1. The molecule has 3 aromatic rings. The summed E-state index contributed by atoms with van der Waals surface area (Å²) < 4.78 is 17.0. The Bertz CT molecular complexity index is 1410. The lowest BCUT2D eigenvalue weighted by Gasteiger charge is -2.18. The topological polar surface area (TPSA) is 145 Å². The van der Waals surface area contributed by atoms with Crippen LogP contribution in [0.1, 0.15) is 50.6 Å². The number of nitrogens with one attached hydrogen (secondary N) is 2. The van der Waals surface area contributed by atoms with E-state index in [1.807, 2.05) is 0 Å². The summed E-state index contributed by atoms with van der Waals surface area (Å²) in [6.07, 6.45) is 1.94. The number of nitro groups is 1. The number of aryl methyl sites for hydroxylation is 1. The average molecular weight is 490 g/mol. The molecular formula is C25H22N4O7. The summed E-state index contributed by atoms with van der Waals surface area (Å²) in [5.41, 5.74) is 4.82. The molecule has 1 aliphatic heterocycles. The van der Waals surface area contributed by atoms with E-state index >= 15 is 0 Å². The Kier molecular flexibility index (Phi) is 6.11. The number of hydrazone groups is 1. The summed E-state index contributed by atoms with van der Waals surface area (Å²) in [5.74, 6) is 0.971. The number of fused-ring (bicyclic) bond motifs is 2. The third kappa shape index (κ3) is 4.50. The first-order chi connectivity index (χ1) is 17.4. The molecule has 0 atom stereocenters. The zero-order valence-corrected chi connectivity index (χ0v) is 19.3. The minimum atomic E-state index is -0.573. The van der Waals surface area contributed by atoms with Gasteiger partial charge in [0, 0.05) is 47.0 Å². The van der Waals surface area contributed by atoms with Crippen molar-refractivity contribution in [3.05, 3.63) is 80.8 Å². The number of carbonyl (C=O) groups excluding carboxylic acids is 2. The molecule has 0 radical (unpaired) electrons. The smallest absolute Gasteiger partial charge is 0.291 e. The monoisotopic (exact) mass is 490 g/mol. The maximum absolute atomic E-state index is 13.0. The minimum absolute atomic E-state index is 0.119. The maximum atomic E-state index is 13.0. The summed E-state index contributed by atoms with van der Waals surface area (Å²) in [4.78, 5) is 36.0. The first-order valence-corrected chi connectivity index (χ1v) is 11.4. The quantitative estimate of drug-likeness (QED) is 0.406. The molecule has 0 spiro atoms. The summed E-state index contributed by atoms with van der Waals surface area (Å²) in [6.45, 7) is 2.68. The number of furan rings is 1. The number of hydrogen-bond acceptors (Lipinski definition) is 8. The first kappa shape index (κ1) is 23.1. The molecule has 2 amide bonds. The van der Waals surface area contributed by atoms with E-state index < -0.39 is 16.7 Å². The lowest BCUT2D eigenvalue weighted by molar-refractivity contribution is -0.384. The van der Waals surface area contributed by atoms with Crippen LogP contribution < -0.4 is 20.2 Å². The lowest BCUT2D eigenvalue weighted by Crippen LogP contribution is -2.22. The lowest BCUT2D eigenvalue weighted by atomic mass is 9.93. The molecule has 0 saturated carbocycles. The van der Waals surface area contributed by atoms with Crippen molar-refractivity contribution in [1.29, 1.82) is 0 Å². The number of nitrogens with zero attached hydrogens (tertiary/aromatic N) is 2. The highest BCUT2D eigenvalue weighted by molar-refractivity contribution is 6.09. The van der Waals surface area contributed by atoms with Gasteiger partial charge in [-0.3, -0.25) is 19.7 Å². The van der Waals surface area contributed by atoms with E-state index in [1.54, 1.807) is 25.1 Å². The van der Waals surface area contributed by atoms with Crippen molar-refractivity contribution in [2.45, 2.75) is 26.2 Å². The Morgan fingerprint density at radius 1 is 1.03 bits per heavy atom. The Hall–Kier alpha value is -4.67. The van der Waals surface area contributed by atoms with Crippen molar-refractivity contribution in [1.82, 2.24) is 5.43 Å². The van der Waals surface area contributed by atoms with E-state index in [-0.39, 0.29) is 17.0 Å². The van der Waals surface area contributed by atoms with Crippen molar-refractivity contribution in [3.63, 3.8) is 0 Å². The fourth-order valence-corrected chi connectivity index (χ4v) is 4.25. The van der Waals surface area contributed by atoms with Crippen molar-refractivity contribution in [2.75, 3.05) is 18.5 Å². The van der Waals surface area contributed by atoms with Gasteiger partial charge in [-0.25, -0.2) is 5.43 Å². The second-order valence-corrected chi connectivity index (χ2v) is 8.33. The van der Waals surface area contributed by atoms with Crippen LogP contribution in [0.15, 0.2) is 52.0 Å². The molecule has 5 rings (SSSR count). The summed E-state index contributed by atoms with van der Waals surface area (Å²) >= 11 is 0. The van der Waals surface area contributed by atoms with E-state index in [1.165, 1.54) is 24.3 Å². The van der Waals surface area contributed by atoms with Crippen molar-refractivity contribution in [3.8, 4) is 11.5 Å². The molecule has 2 aromatic carbocycles. The normalized spacial score (nSPS) is 15.2. The average Bonchev–Trinajstić information content (AvgIpc) is 3.24. The molecule has 184 valence electrons. The third-order valence-electron chi connectivity index (χ3n) is 5.94. The van der Waals surface area contributed by atoms with Gasteiger partial charge in [0.2, 0.25) is 0 Å². The molecule has 11 heteroatoms. The van der Waals surface area contributed by atoms with E-state index in [9.17, 15) is 19.7 Å². The van der Waals surface area contributed by atoms with Gasteiger partial charge in [0.1, 0.15) is 19.0 Å². The van der Waals surface area contributed by atoms with E-state index in [4.69, 9.17) is 13.9 Å². The molecule has 1 aromatic heterocycles. The molecule has 2 N–H and O–H groups in total. The third-order valence-corrected chi connectivity index (χ3v) is 5.94. The molecule has 1 aliphatic carbocycles.